The van der Waals surface area contributed by atoms with Crippen LogP contribution in [0.25, 0.3) is 0 Å². The molecule has 0 unspecified atom stereocenters. The molecule has 0 spiro atoms. The molecule has 6 nitrogen and oxygen atoms in total. The Morgan fingerprint density at radius 1 is 1.27 bits per heavy atom. The molecular formula is C9H15N3O3. The van der Waals surface area contributed by atoms with E-state index in [0.717, 1.165) is 13.1 Å². The summed E-state index contributed by atoms with van der Waals surface area (Å²) in [6.07, 6.45) is -0.239. The monoisotopic (exact) mass is 213 g/mol. The van der Waals surface area contributed by atoms with Gasteiger partial charge in [0.1, 0.15) is 6.61 Å². The predicted molar refractivity (Wildman–Crippen MR) is 52.4 cm³/mol. The van der Waals surface area contributed by atoms with Crippen molar-refractivity contribution >= 4 is 12.0 Å². The number of carbonyl (C=O) groups excluding carboxylic acids is 2. The first-order chi connectivity index (χ1) is 7.25. The van der Waals surface area contributed by atoms with Crippen LogP contribution < -0.4 is 5.32 Å². The molecule has 1 N–H and O–H groups in total. The number of piperazine rings is 1. The van der Waals surface area contributed by atoms with Gasteiger partial charge in [0.05, 0.1) is 13.1 Å². The molecule has 2 fully saturated rings. The number of cyclic esters (lactones) is 1. The molecule has 2 heterocycles. The van der Waals surface area contributed by atoms with Crippen LogP contribution in [0, 0.1) is 0 Å². The van der Waals surface area contributed by atoms with Crippen LogP contribution >= 0.6 is 0 Å². The number of hydrogen-bond donors (Lipinski definition) is 1. The van der Waals surface area contributed by atoms with E-state index in [1.807, 2.05) is 4.90 Å². The van der Waals surface area contributed by atoms with Gasteiger partial charge in [0.2, 0.25) is 5.91 Å². The van der Waals surface area contributed by atoms with E-state index in [2.05, 4.69) is 5.32 Å². The molecule has 0 aliphatic carbocycles. The number of nitrogens with zero attached hydrogens (tertiary/aromatic N) is 2. The summed E-state index contributed by atoms with van der Waals surface area (Å²) in [7, 11) is 0. The lowest BCUT2D eigenvalue weighted by Gasteiger charge is -2.27. The summed E-state index contributed by atoms with van der Waals surface area (Å²) in [6.45, 7) is 4.52. The third-order valence-electron chi connectivity index (χ3n) is 2.65. The molecule has 0 aromatic carbocycles. The van der Waals surface area contributed by atoms with Crippen molar-refractivity contribution in [1.82, 2.24) is 15.1 Å². The summed E-state index contributed by atoms with van der Waals surface area (Å²) in [6, 6.07) is 0. The summed E-state index contributed by atoms with van der Waals surface area (Å²) < 4.78 is 4.82. The molecule has 15 heavy (non-hydrogen) atoms. The third kappa shape index (κ3) is 2.59. The van der Waals surface area contributed by atoms with Gasteiger partial charge in [-0.3, -0.25) is 9.69 Å². The molecule has 2 saturated heterocycles. The molecule has 0 aromatic rings. The zero-order valence-electron chi connectivity index (χ0n) is 8.57. The Hall–Kier alpha value is -1.30. The topological polar surface area (TPSA) is 61.9 Å². The van der Waals surface area contributed by atoms with Crippen LogP contribution in [0.15, 0.2) is 0 Å². The van der Waals surface area contributed by atoms with E-state index in [4.69, 9.17) is 4.74 Å². The average molecular weight is 213 g/mol. The van der Waals surface area contributed by atoms with Gasteiger partial charge in [-0.25, -0.2) is 4.79 Å². The molecule has 0 aromatic heterocycles. The van der Waals surface area contributed by atoms with Crippen molar-refractivity contribution in [2.24, 2.45) is 0 Å². The first kappa shape index (κ1) is 10.2. The molecule has 2 aliphatic heterocycles. The van der Waals surface area contributed by atoms with Crippen molar-refractivity contribution < 1.29 is 14.3 Å². The fraction of sp³-hybridized carbons (Fsp3) is 0.778. The van der Waals surface area contributed by atoms with Gasteiger partial charge in [-0.05, 0) is 0 Å². The van der Waals surface area contributed by atoms with Crippen molar-refractivity contribution in [3.05, 3.63) is 0 Å². The Bertz CT molecular complexity index is 269. The Kier molecular flexibility index (Phi) is 3.05. The summed E-state index contributed by atoms with van der Waals surface area (Å²) in [5, 5.41) is 2.76. The fourth-order valence-electron chi connectivity index (χ4n) is 1.77. The molecular weight excluding hydrogens is 198 g/mol. The molecule has 0 bridgehead atoms. The van der Waals surface area contributed by atoms with E-state index >= 15 is 0 Å². The zero-order chi connectivity index (χ0) is 10.7. The van der Waals surface area contributed by atoms with Crippen LogP contribution in [0.1, 0.15) is 0 Å². The van der Waals surface area contributed by atoms with Gasteiger partial charge in [-0.15, -0.1) is 0 Å². The minimum Gasteiger partial charge on any atom is -0.448 e. The molecule has 84 valence electrons. The summed E-state index contributed by atoms with van der Waals surface area (Å²) >= 11 is 0. The lowest BCUT2D eigenvalue weighted by Crippen LogP contribution is -2.49. The van der Waals surface area contributed by atoms with Crippen LogP contribution in [0.5, 0.6) is 0 Å². The van der Waals surface area contributed by atoms with Gasteiger partial charge < -0.3 is 15.0 Å². The highest BCUT2D eigenvalue weighted by molar-refractivity contribution is 5.78. The van der Waals surface area contributed by atoms with Crippen LogP contribution in [0.2, 0.25) is 0 Å². The van der Waals surface area contributed by atoms with Gasteiger partial charge in [0.25, 0.3) is 0 Å². The van der Waals surface area contributed by atoms with Crippen LogP contribution in [-0.4, -0.2) is 67.7 Å². The fourth-order valence-corrected chi connectivity index (χ4v) is 1.77. The van der Waals surface area contributed by atoms with Crippen molar-refractivity contribution in [3.8, 4) is 0 Å². The van der Waals surface area contributed by atoms with E-state index in [1.165, 1.54) is 0 Å². The Morgan fingerprint density at radius 2 is 2.13 bits per heavy atom. The number of nitrogens with one attached hydrogen (secondary N) is 1. The molecule has 0 saturated carbocycles. The lowest BCUT2D eigenvalue weighted by atomic mass is 10.3. The third-order valence-corrected chi connectivity index (χ3v) is 2.65. The molecule has 0 atom stereocenters. The largest absolute Gasteiger partial charge is 0.448 e. The summed E-state index contributed by atoms with van der Waals surface area (Å²) in [5.74, 6) is 0.0604. The highest BCUT2D eigenvalue weighted by Crippen LogP contribution is 2.03. The van der Waals surface area contributed by atoms with Gasteiger partial charge in [-0.2, -0.15) is 0 Å². The number of ether oxygens (including phenoxy) is 1. The quantitative estimate of drug-likeness (QED) is 0.644. The Labute approximate surface area is 88.2 Å². The number of carbonyl (C=O) groups is 2. The molecule has 2 rings (SSSR count). The first-order valence-electron chi connectivity index (χ1n) is 5.16. The maximum absolute atomic E-state index is 11.1. The zero-order valence-corrected chi connectivity index (χ0v) is 8.57. The number of hydrogen-bond acceptors (Lipinski definition) is 4. The van der Waals surface area contributed by atoms with Crippen LogP contribution in [0.4, 0.5) is 4.79 Å². The lowest BCUT2D eigenvalue weighted by molar-refractivity contribution is -0.124. The second-order valence-electron chi connectivity index (χ2n) is 3.73. The van der Waals surface area contributed by atoms with Crippen molar-refractivity contribution in [1.29, 1.82) is 0 Å². The minimum absolute atomic E-state index is 0.0604. The maximum atomic E-state index is 11.1. The van der Waals surface area contributed by atoms with E-state index < -0.39 is 0 Å². The average Bonchev–Trinajstić information content (AvgIpc) is 2.61. The maximum Gasteiger partial charge on any atom is 0.409 e. The normalized spacial score (nSPS) is 22.8. The minimum atomic E-state index is -0.239. The Morgan fingerprint density at radius 3 is 2.80 bits per heavy atom. The number of rotatable bonds is 3. The van der Waals surface area contributed by atoms with Crippen LogP contribution in [-0.2, 0) is 9.53 Å². The number of amides is 2. The SMILES string of the molecule is O=C1CN(CCN2CCOC2=O)CCN1. The first-order valence-corrected chi connectivity index (χ1v) is 5.16. The highest BCUT2D eigenvalue weighted by Gasteiger charge is 2.23. The molecule has 0 radical (unpaired) electrons. The predicted octanol–water partition coefficient (Wildman–Crippen LogP) is -1.13. The summed E-state index contributed by atoms with van der Waals surface area (Å²) in [5.41, 5.74) is 0. The molecule has 2 amide bonds. The van der Waals surface area contributed by atoms with Crippen molar-refractivity contribution in [3.63, 3.8) is 0 Å². The molecule has 6 heteroatoms. The second-order valence-corrected chi connectivity index (χ2v) is 3.73. The van der Waals surface area contributed by atoms with Crippen LogP contribution in [0.3, 0.4) is 0 Å². The standard InChI is InChI=1S/C9H15N3O3/c13-8-7-11(2-1-10-8)3-4-12-5-6-15-9(12)14/h1-7H2,(H,10,13). The van der Waals surface area contributed by atoms with Gasteiger partial charge >= 0.3 is 6.09 Å². The highest BCUT2D eigenvalue weighted by atomic mass is 16.6. The van der Waals surface area contributed by atoms with Crippen molar-refractivity contribution in [2.75, 3.05) is 45.9 Å². The Balaban J connectivity index is 1.72. The van der Waals surface area contributed by atoms with Gasteiger partial charge in [-0.1, -0.05) is 0 Å². The van der Waals surface area contributed by atoms with E-state index in [-0.39, 0.29) is 12.0 Å². The van der Waals surface area contributed by atoms with Gasteiger partial charge in [0.15, 0.2) is 0 Å². The molecule has 2 aliphatic rings. The summed E-state index contributed by atoms with van der Waals surface area (Å²) in [4.78, 5) is 25.9. The second kappa shape index (κ2) is 4.48. The van der Waals surface area contributed by atoms with Crippen molar-refractivity contribution in [2.45, 2.75) is 0 Å². The van der Waals surface area contributed by atoms with E-state index in [1.54, 1.807) is 4.90 Å². The van der Waals surface area contributed by atoms with E-state index in [9.17, 15) is 9.59 Å². The van der Waals surface area contributed by atoms with Gasteiger partial charge in [0, 0.05) is 26.2 Å². The van der Waals surface area contributed by atoms with E-state index in [0.29, 0.717) is 32.8 Å². The smallest absolute Gasteiger partial charge is 0.409 e.